The number of nitrogen functional groups attached to an aromatic ring is 1. The van der Waals surface area contributed by atoms with E-state index >= 15 is 0 Å². The van der Waals surface area contributed by atoms with Crippen molar-refractivity contribution in [3.8, 4) is 0 Å². The highest BCUT2D eigenvalue weighted by atomic mass is 32.1. The Hall–Kier alpha value is -2.41. The molecule has 0 unspecified atom stereocenters. The summed E-state index contributed by atoms with van der Waals surface area (Å²) in [5, 5.41) is 5.72. The molecule has 0 aliphatic carbocycles. The van der Waals surface area contributed by atoms with Gasteiger partial charge in [0.2, 0.25) is 0 Å². The van der Waals surface area contributed by atoms with E-state index in [4.69, 9.17) is 5.73 Å². The molecule has 0 saturated carbocycles. The lowest BCUT2D eigenvalue weighted by atomic mass is 10.1. The third kappa shape index (κ3) is 3.03. The van der Waals surface area contributed by atoms with Crippen LogP contribution < -0.4 is 16.4 Å². The average Bonchev–Trinajstić information content (AvgIpc) is 2.79. The van der Waals surface area contributed by atoms with Crippen LogP contribution in [-0.4, -0.2) is 23.8 Å². The van der Waals surface area contributed by atoms with Crippen LogP contribution in [-0.2, 0) is 0 Å². The summed E-state index contributed by atoms with van der Waals surface area (Å²) in [6.45, 7) is 3.52. The van der Waals surface area contributed by atoms with Crippen molar-refractivity contribution in [1.82, 2.24) is 10.3 Å². The maximum absolute atomic E-state index is 12.3. The van der Waals surface area contributed by atoms with Crippen molar-refractivity contribution in [3.05, 3.63) is 39.9 Å². The second-order valence-corrected chi connectivity index (χ2v) is 5.51. The van der Waals surface area contributed by atoms with Gasteiger partial charge in [0.25, 0.3) is 11.8 Å². The first kappa shape index (κ1) is 15.0. The Balaban J connectivity index is 2.30. The van der Waals surface area contributed by atoms with Crippen LogP contribution in [0.3, 0.4) is 0 Å². The molecule has 1 heterocycles. The molecule has 0 bridgehead atoms. The Morgan fingerprint density at radius 2 is 1.95 bits per heavy atom. The summed E-state index contributed by atoms with van der Waals surface area (Å²) in [5.74, 6) is -0.472. The van der Waals surface area contributed by atoms with E-state index in [1.807, 2.05) is 0 Å². The summed E-state index contributed by atoms with van der Waals surface area (Å²) in [5.41, 5.74) is 8.01. The SMILES string of the molecule is CNC(=O)c1cccc(NC(=O)c2sc(N)nc2C)c1C. The van der Waals surface area contributed by atoms with Gasteiger partial charge < -0.3 is 16.4 Å². The van der Waals surface area contributed by atoms with Gasteiger partial charge in [-0.25, -0.2) is 4.98 Å². The molecule has 6 nitrogen and oxygen atoms in total. The number of hydrogen-bond acceptors (Lipinski definition) is 5. The molecular formula is C14H16N4O2S. The number of aromatic nitrogens is 1. The fraction of sp³-hybridized carbons (Fsp3) is 0.214. The van der Waals surface area contributed by atoms with Crippen LogP contribution in [0, 0.1) is 13.8 Å². The fourth-order valence-electron chi connectivity index (χ4n) is 1.96. The van der Waals surface area contributed by atoms with E-state index in [2.05, 4.69) is 15.6 Å². The minimum absolute atomic E-state index is 0.193. The van der Waals surface area contributed by atoms with Crippen LogP contribution in [0.25, 0.3) is 0 Å². The Morgan fingerprint density at radius 1 is 1.24 bits per heavy atom. The van der Waals surface area contributed by atoms with Gasteiger partial charge in [0, 0.05) is 18.3 Å². The van der Waals surface area contributed by atoms with Crippen LogP contribution in [0.4, 0.5) is 10.8 Å². The third-order valence-electron chi connectivity index (χ3n) is 3.07. The zero-order valence-corrected chi connectivity index (χ0v) is 12.8. The normalized spacial score (nSPS) is 10.2. The Labute approximate surface area is 126 Å². The van der Waals surface area contributed by atoms with Crippen LogP contribution in [0.15, 0.2) is 18.2 Å². The third-order valence-corrected chi connectivity index (χ3v) is 4.06. The summed E-state index contributed by atoms with van der Waals surface area (Å²) in [4.78, 5) is 28.5. The number of hydrogen-bond donors (Lipinski definition) is 3. The first-order valence-corrected chi connectivity index (χ1v) is 7.11. The summed E-state index contributed by atoms with van der Waals surface area (Å²) >= 11 is 1.14. The number of benzene rings is 1. The van der Waals surface area contributed by atoms with E-state index < -0.39 is 0 Å². The maximum atomic E-state index is 12.3. The average molecular weight is 304 g/mol. The van der Waals surface area contributed by atoms with E-state index in [0.29, 0.717) is 32.5 Å². The number of aryl methyl sites for hydroxylation is 1. The minimum atomic E-state index is -0.279. The smallest absolute Gasteiger partial charge is 0.267 e. The number of rotatable bonds is 3. The van der Waals surface area contributed by atoms with Crippen molar-refractivity contribution < 1.29 is 9.59 Å². The first-order valence-electron chi connectivity index (χ1n) is 6.30. The summed E-state index contributed by atoms with van der Waals surface area (Å²) in [6, 6.07) is 5.18. The standard InChI is InChI=1S/C14H16N4O2S/c1-7-9(12(19)16-3)5-4-6-10(7)18-13(20)11-8(2)17-14(15)21-11/h4-6H,1-3H3,(H2,15,17)(H,16,19)(H,18,20). The molecule has 7 heteroatoms. The van der Waals surface area contributed by atoms with Crippen molar-refractivity contribution in [2.75, 3.05) is 18.1 Å². The monoisotopic (exact) mass is 304 g/mol. The van der Waals surface area contributed by atoms with Gasteiger partial charge in [-0.3, -0.25) is 9.59 Å². The number of amides is 2. The van der Waals surface area contributed by atoms with Gasteiger partial charge in [0.1, 0.15) is 4.88 Å². The van der Waals surface area contributed by atoms with E-state index in [-0.39, 0.29) is 11.8 Å². The summed E-state index contributed by atoms with van der Waals surface area (Å²) in [6.07, 6.45) is 0. The highest BCUT2D eigenvalue weighted by molar-refractivity contribution is 7.17. The molecule has 2 rings (SSSR count). The molecule has 1 aromatic heterocycles. The fourth-order valence-corrected chi connectivity index (χ4v) is 2.69. The molecule has 1 aromatic carbocycles. The number of nitrogens with two attached hydrogens (primary N) is 1. The largest absolute Gasteiger partial charge is 0.375 e. The predicted molar refractivity (Wildman–Crippen MR) is 83.8 cm³/mol. The van der Waals surface area contributed by atoms with Crippen molar-refractivity contribution in [2.45, 2.75) is 13.8 Å². The van der Waals surface area contributed by atoms with E-state index in [1.54, 1.807) is 39.1 Å². The van der Waals surface area contributed by atoms with Crippen molar-refractivity contribution >= 4 is 34.0 Å². The quantitative estimate of drug-likeness (QED) is 0.807. The van der Waals surface area contributed by atoms with Crippen molar-refractivity contribution in [3.63, 3.8) is 0 Å². The van der Waals surface area contributed by atoms with Gasteiger partial charge in [-0.15, -0.1) is 0 Å². The molecule has 0 spiro atoms. The van der Waals surface area contributed by atoms with Crippen LogP contribution in [0.1, 0.15) is 31.3 Å². The zero-order chi connectivity index (χ0) is 15.6. The van der Waals surface area contributed by atoms with E-state index in [1.165, 1.54) is 0 Å². The topological polar surface area (TPSA) is 97.1 Å². The molecule has 4 N–H and O–H groups in total. The van der Waals surface area contributed by atoms with Crippen molar-refractivity contribution in [1.29, 1.82) is 0 Å². The van der Waals surface area contributed by atoms with Gasteiger partial charge >= 0.3 is 0 Å². The van der Waals surface area contributed by atoms with E-state index in [9.17, 15) is 9.59 Å². The number of thiazole rings is 1. The van der Waals surface area contributed by atoms with Crippen LogP contribution in [0.5, 0.6) is 0 Å². The van der Waals surface area contributed by atoms with Gasteiger partial charge in [-0.1, -0.05) is 17.4 Å². The predicted octanol–water partition coefficient (Wildman–Crippen LogP) is 1.95. The summed E-state index contributed by atoms with van der Waals surface area (Å²) in [7, 11) is 1.57. The molecule has 2 aromatic rings. The minimum Gasteiger partial charge on any atom is -0.375 e. The van der Waals surface area contributed by atoms with Gasteiger partial charge in [0.15, 0.2) is 5.13 Å². The molecule has 0 aliphatic heterocycles. The molecule has 2 amide bonds. The number of nitrogens with one attached hydrogen (secondary N) is 2. The molecular weight excluding hydrogens is 288 g/mol. The second-order valence-electron chi connectivity index (χ2n) is 4.48. The Bertz CT molecular complexity index is 709. The molecule has 0 atom stereocenters. The number of carbonyl (C=O) groups excluding carboxylic acids is 2. The first-order chi connectivity index (χ1) is 9.93. The lowest BCUT2D eigenvalue weighted by molar-refractivity contribution is 0.0961. The maximum Gasteiger partial charge on any atom is 0.267 e. The molecule has 110 valence electrons. The number of nitrogens with zero attached hydrogens (tertiary/aromatic N) is 1. The highest BCUT2D eigenvalue weighted by Crippen LogP contribution is 2.23. The van der Waals surface area contributed by atoms with Crippen LogP contribution >= 0.6 is 11.3 Å². The molecule has 0 saturated heterocycles. The molecule has 0 aliphatic rings. The Kier molecular flexibility index (Phi) is 4.23. The summed E-state index contributed by atoms with van der Waals surface area (Å²) < 4.78 is 0. The lowest BCUT2D eigenvalue weighted by Gasteiger charge is -2.11. The van der Waals surface area contributed by atoms with Gasteiger partial charge in [0.05, 0.1) is 5.69 Å². The molecule has 0 fully saturated rings. The van der Waals surface area contributed by atoms with Gasteiger partial charge in [-0.2, -0.15) is 0 Å². The molecule has 21 heavy (non-hydrogen) atoms. The lowest BCUT2D eigenvalue weighted by Crippen LogP contribution is -2.20. The zero-order valence-electron chi connectivity index (χ0n) is 12.0. The molecule has 0 radical (unpaired) electrons. The van der Waals surface area contributed by atoms with Crippen molar-refractivity contribution in [2.24, 2.45) is 0 Å². The Morgan fingerprint density at radius 3 is 2.52 bits per heavy atom. The van der Waals surface area contributed by atoms with Gasteiger partial charge in [-0.05, 0) is 31.5 Å². The van der Waals surface area contributed by atoms with E-state index in [0.717, 1.165) is 11.3 Å². The van der Waals surface area contributed by atoms with Crippen LogP contribution in [0.2, 0.25) is 0 Å². The second kappa shape index (κ2) is 5.92. The number of carbonyl (C=O) groups is 2. The number of anilines is 2. The highest BCUT2D eigenvalue weighted by Gasteiger charge is 2.17.